The standard InChI is InChI=1S/C17H19N5O3S/c1-2-5-14-21-22-17(26-14)20-13(23)9-8-12-16(25)18-11-7-4-3-6-10(11)15(24)19-12/h3-4,6-7,12H,2,5,8-9H2,1H3,(H,18,25)(H,19,24)(H,20,22,23)/t12-/m0/s1. The molecule has 0 aliphatic carbocycles. The molecule has 0 saturated heterocycles. The van der Waals surface area contributed by atoms with Crippen molar-refractivity contribution in [2.24, 2.45) is 0 Å². The molecule has 8 nitrogen and oxygen atoms in total. The third kappa shape index (κ3) is 4.23. The Balaban J connectivity index is 1.56. The van der Waals surface area contributed by atoms with E-state index >= 15 is 0 Å². The van der Waals surface area contributed by atoms with E-state index in [9.17, 15) is 14.4 Å². The van der Waals surface area contributed by atoms with E-state index in [0.717, 1.165) is 17.8 Å². The first-order valence-electron chi connectivity index (χ1n) is 8.39. The smallest absolute Gasteiger partial charge is 0.254 e. The van der Waals surface area contributed by atoms with Crippen molar-refractivity contribution < 1.29 is 14.4 Å². The average Bonchev–Trinajstić information content (AvgIpc) is 3.01. The molecule has 0 saturated carbocycles. The second-order valence-corrected chi connectivity index (χ2v) is 6.96. The van der Waals surface area contributed by atoms with Gasteiger partial charge in [0.2, 0.25) is 16.9 Å². The highest BCUT2D eigenvalue weighted by Crippen LogP contribution is 2.20. The average molecular weight is 373 g/mol. The normalized spacial score (nSPS) is 16.3. The van der Waals surface area contributed by atoms with Crippen LogP contribution in [0.4, 0.5) is 10.8 Å². The summed E-state index contributed by atoms with van der Waals surface area (Å²) in [7, 11) is 0. The topological polar surface area (TPSA) is 113 Å². The largest absolute Gasteiger partial charge is 0.340 e. The lowest BCUT2D eigenvalue weighted by Gasteiger charge is -2.13. The fourth-order valence-corrected chi connectivity index (χ4v) is 3.45. The molecule has 3 N–H and O–H groups in total. The Morgan fingerprint density at radius 2 is 2.08 bits per heavy atom. The summed E-state index contributed by atoms with van der Waals surface area (Å²) in [6, 6.07) is 6.02. The Hall–Kier alpha value is -2.81. The molecule has 1 atom stereocenters. The van der Waals surface area contributed by atoms with E-state index in [1.165, 1.54) is 11.3 Å². The minimum Gasteiger partial charge on any atom is -0.340 e. The summed E-state index contributed by atoms with van der Waals surface area (Å²) in [6.45, 7) is 2.05. The van der Waals surface area contributed by atoms with Crippen LogP contribution in [0.5, 0.6) is 0 Å². The number of nitrogens with one attached hydrogen (secondary N) is 3. The Kier molecular flexibility index (Phi) is 5.57. The van der Waals surface area contributed by atoms with Crippen LogP contribution in [-0.4, -0.2) is 34.0 Å². The summed E-state index contributed by atoms with van der Waals surface area (Å²) in [6.07, 6.45) is 2.05. The molecule has 0 spiro atoms. The summed E-state index contributed by atoms with van der Waals surface area (Å²) < 4.78 is 0. The van der Waals surface area contributed by atoms with Gasteiger partial charge in [0, 0.05) is 12.8 Å². The van der Waals surface area contributed by atoms with Gasteiger partial charge in [0.25, 0.3) is 5.91 Å². The third-order valence-electron chi connectivity index (χ3n) is 3.89. The van der Waals surface area contributed by atoms with Gasteiger partial charge in [0.05, 0.1) is 11.3 Å². The number of amides is 3. The van der Waals surface area contributed by atoms with Crippen molar-refractivity contribution in [2.45, 2.75) is 38.6 Å². The highest BCUT2D eigenvalue weighted by molar-refractivity contribution is 7.15. The fourth-order valence-electron chi connectivity index (χ4n) is 2.59. The quantitative estimate of drug-likeness (QED) is 0.716. The first-order chi connectivity index (χ1) is 12.6. The second kappa shape index (κ2) is 8.05. The van der Waals surface area contributed by atoms with Crippen LogP contribution in [0.25, 0.3) is 0 Å². The van der Waals surface area contributed by atoms with Gasteiger partial charge < -0.3 is 16.0 Å². The Bertz CT molecular complexity index is 835. The Morgan fingerprint density at radius 1 is 1.27 bits per heavy atom. The van der Waals surface area contributed by atoms with Crippen LogP contribution in [0.15, 0.2) is 24.3 Å². The highest BCUT2D eigenvalue weighted by Gasteiger charge is 2.27. The molecule has 1 aromatic carbocycles. The van der Waals surface area contributed by atoms with Gasteiger partial charge in [-0.25, -0.2) is 0 Å². The predicted octanol–water partition coefficient (Wildman–Crippen LogP) is 1.96. The molecule has 0 fully saturated rings. The van der Waals surface area contributed by atoms with Gasteiger partial charge in [0.1, 0.15) is 11.0 Å². The minimum absolute atomic E-state index is 0.0808. The second-order valence-electron chi connectivity index (χ2n) is 5.90. The zero-order valence-electron chi connectivity index (χ0n) is 14.2. The summed E-state index contributed by atoms with van der Waals surface area (Å²) in [4.78, 5) is 36.6. The molecular weight excluding hydrogens is 354 g/mol. The number of carbonyl (C=O) groups excluding carboxylic acids is 3. The van der Waals surface area contributed by atoms with E-state index in [0.29, 0.717) is 16.4 Å². The van der Waals surface area contributed by atoms with Gasteiger partial charge in [-0.1, -0.05) is 30.4 Å². The van der Waals surface area contributed by atoms with Gasteiger partial charge in [-0.15, -0.1) is 10.2 Å². The van der Waals surface area contributed by atoms with E-state index in [2.05, 4.69) is 26.1 Å². The predicted molar refractivity (Wildman–Crippen MR) is 98.1 cm³/mol. The number of hydrogen-bond donors (Lipinski definition) is 3. The van der Waals surface area contributed by atoms with Gasteiger partial charge in [-0.2, -0.15) is 0 Å². The van der Waals surface area contributed by atoms with Crippen molar-refractivity contribution in [3.05, 3.63) is 34.8 Å². The van der Waals surface area contributed by atoms with Crippen LogP contribution in [-0.2, 0) is 16.0 Å². The van der Waals surface area contributed by atoms with Crippen LogP contribution in [0.1, 0.15) is 41.6 Å². The van der Waals surface area contributed by atoms with E-state index in [4.69, 9.17) is 0 Å². The summed E-state index contributed by atoms with van der Waals surface area (Å²) in [5.74, 6) is -0.942. The number of aromatic nitrogens is 2. The number of carbonyl (C=O) groups is 3. The first-order valence-corrected chi connectivity index (χ1v) is 9.21. The number of nitrogens with zero attached hydrogens (tertiary/aromatic N) is 2. The van der Waals surface area contributed by atoms with Crippen molar-refractivity contribution in [2.75, 3.05) is 10.6 Å². The fraction of sp³-hybridized carbons (Fsp3) is 0.353. The molecule has 2 heterocycles. The maximum absolute atomic E-state index is 12.3. The van der Waals surface area contributed by atoms with Crippen LogP contribution in [0, 0.1) is 0 Å². The van der Waals surface area contributed by atoms with Gasteiger partial charge in [-0.3, -0.25) is 14.4 Å². The molecule has 136 valence electrons. The molecule has 3 rings (SSSR count). The lowest BCUT2D eigenvalue weighted by atomic mass is 10.1. The number of benzene rings is 1. The number of para-hydroxylation sites is 1. The maximum Gasteiger partial charge on any atom is 0.254 e. The maximum atomic E-state index is 12.3. The van der Waals surface area contributed by atoms with E-state index in [1.807, 2.05) is 6.92 Å². The molecule has 2 aromatic rings. The molecule has 26 heavy (non-hydrogen) atoms. The van der Waals surface area contributed by atoms with Gasteiger partial charge >= 0.3 is 0 Å². The van der Waals surface area contributed by atoms with Crippen molar-refractivity contribution in [1.82, 2.24) is 15.5 Å². The van der Waals surface area contributed by atoms with Crippen molar-refractivity contribution in [3.8, 4) is 0 Å². The SMILES string of the molecule is CCCc1nnc(NC(=O)CC[C@@H]2NC(=O)c3ccccc3NC2=O)s1. The number of aryl methyl sites for hydroxylation is 1. The highest BCUT2D eigenvalue weighted by atomic mass is 32.1. The van der Waals surface area contributed by atoms with Gasteiger partial charge in [0.15, 0.2) is 0 Å². The molecule has 0 unspecified atom stereocenters. The van der Waals surface area contributed by atoms with Crippen molar-refractivity contribution >= 4 is 39.9 Å². The summed E-state index contributed by atoms with van der Waals surface area (Å²) >= 11 is 1.34. The number of fused-ring (bicyclic) bond motifs is 1. The molecule has 1 aliphatic heterocycles. The number of hydrogen-bond acceptors (Lipinski definition) is 6. The zero-order valence-corrected chi connectivity index (χ0v) is 15.1. The van der Waals surface area contributed by atoms with Crippen LogP contribution in [0.3, 0.4) is 0 Å². The molecule has 9 heteroatoms. The lowest BCUT2D eigenvalue weighted by molar-refractivity contribution is -0.118. The summed E-state index contributed by atoms with van der Waals surface area (Å²) in [5.41, 5.74) is 0.879. The monoisotopic (exact) mass is 373 g/mol. The summed E-state index contributed by atoms with van der Waals surface area (Å²) in [5, 5.41) is 17.3. The lowest BCUT2D eigenvalue weighted by Crippen LogP contribution is -2.41. The van der Waals surface area contributed by atoms with Crippen LogP contribution < -0.4 is 16.0 Å². The molecule has 3 amide bonds. The van der Waals surface area contributed by atoms with Crippen molar-refractivity contribution in [3.63, 3.8) is 0 Å². The molecular formula is C17H19N5O3S. The van der Waals surface area contributed by atoms with E-state index in [-0.39, 0.29) is 30.6 Å². The van der Waals surface area contributed by atoms with E-state index < -0.39 is 6.04 Å². The van der Waals surface area contributed by atoms with Crippen LogP contribution >= 0.6 is 11.3 Å². The molecule has 0 radical (unpaired) electrons. The van der Waals surface area contributed by atoms with E-state index in [1.54, 1.807) is 24.3 Å². The zero-order chi connectivity index (χ0) is 18.5. The Labute approximate surface area is 154 Å². The first kappa shape index (κ1) is 18.0. The van der Waals surface area contributed by atoms with Gasteiger partial charge in [-0.05, 0) is 25.0 Å². The molecule has 1 aliphatic rings. The number of rotatable bonds is 6. The molecule has 0 bridgehead atoms. The number of anilines is 2. The minimum atomic E-state index is -0.772. The van der Waals surface area contributed by atoms with Crippen LogP contribution in [0.2, 0.25) is 0 Å². The van der Waals surface area contributed by atoms with Crippen molar-refractivity contribution in [1.29, 1.82) is 0 Å². The third-order valence-corrected chi connectivity index (χ3v) is 4.79. The molecule has 1 aromatic heterocycles. The Morgan fingerprint density at radius 3 is 2.88 bits per heavy atom.